The molecule has 1 aliphatic rings. The van der Waals surface area contributed by atoms with Gasteiger partial charge in [-0.15, -0.1) is 0 Å². The molecule has 1 aromatic carbocycles. The summed E-state index contributed by atoms with van der Waals surface area (Å²) in [6.45, 7) is 5.54. The Balaban J connectivity index is 1.81. The van der Waals surface area contributed by atoms with Crippen LogP contribution in [0.4, 0.5) is 18.0 Å². The van der Waals surface area contributed by atoms with E-state index in [4.69, 9.17) is 0 Å². The lowest BCUT2D eigenvalue weighted by Crippen LogP contribution is -2.42. The van der Waals surface area contributed by atoms with Crippen molar-refractivity contribution in [3.63, 3.8) is 0 Å². The van der Waals surface area contributed by atoms with Crippen LogP contribution in [0, 0.1) is 0 Å². The van der Waals surface area contributed by atoms with Crippen LogP contribution in [0.15, 0.2) is 30.3 Å². The lowest BCUT2D eigenvalue weighted by molar-refractivity contribution is -0.137. The first kappa shape index (κ1) is 18.3. The number of rotatable bonds is 2. The minimum atomic E-state index is -4.35. The molecule has 0 atom stereocenters. The van der Waals surface area contributed by atoms with Crippen LogP contribution < -0.4 is 5.32 Å². The molecule has 2 aromatic rings. The van der Waals surface area contributed by atoms with Gasteiger partial charge in [0.25, 0.3) is 0 Å². The van der Waals surface area contributed by atoms with Crippen LogP contribution >= 0.6 is 0 Å². The molecule has 0 bridgehead atoms. The van der Waals surface area contributed by atoms with Crippen molar-refractivity contribution in [2.24, 2.45) is 0 Å². The Morgan fingerprint density at radius 2 is 1.88 bits per heavy atom. The zero-order valence-corrected chi connectivity index (χ0v) is 14.7. The van der Waals surface area contributed by atoms with Crippen LogP contribution in [-0.2, 0) is 19.3 Å². The van der Waals surface area contributed by atoms with Gasteiger partial charge in [-0.25, -0.2) is 4.79 Å². The monoisotopic (exact) mass is 366 g/mol. The SMILES string of the molecule is CC(C)NC(=O)N1CCCn2nc(-c3ccc(C(F)(F)F)cc3)cc2C1. The Labute approximate surface area is 149 Å². The quantitative estimate of drug-likeness (QED) is 0.877. The molecule has 0 saturated carbocycles. The van der Waals surface area contributed by atoms with Gasteiger partial charge in [0.05, 0.1) is 23.5 Å². The van der Waals surface area contributed by atoms with Crippen molar-refractivity contribution in [3.8, 4) is 11.3 Å². The first-order valence-corrected chi connectivity index (χ1v) is 8.54. The summed E-state index contributed by atoms with van der Waals surface area (Å²) in [6, 6.07) is 6.74. The fraction of sp³-hybridized carbons (Fsp3) is 0.444. The Hall–Kier alpha value is -2.51. The van der Waals surface area contributed by atoms with E-state index >= 15 is 0 Å². The van der Waals surface area contributed by atoms with Crippen LogP contribution in [0.3, 0.4) is 0 Å². The first-order valence-electron chi connectivity index (χ1n) is 8.54. The molecule has 1 aromatic heterocycles. The van der Waals surface area contributed by atoms with Crippen LogP contribution in [-0.4, -0.2) is 33.3 Å². The Morgan fingerprint density at radius 1 is 1.19 bits per heavy atom. The number of carbonyl (C=O) groups excluding carboxylic acids is 1. The molecule has 8 heteroatoms. The average Bonchev–Trinajstić information content (AvgIpc) is 2.85. The summed E-state index contributed by atoms with van der Waals surface area (Å²) in [5.41, 5.74) is 1.42. The van der Waals surface area contributed by atoms with Crippen LogP contribution in [0.2, 0.25) is 0 Å². The van der Waals surface area contributed by atoms with Gasteiger partial charge in [-0.3, -0.25) is 4.68 Å². The molecule has 2 amide bonds. The maximum absolute atomic E-state index is 12.7. The van der Waals surface area contributed by atoms with Crippen molar-refractivity contribution >= 4 is 6.03 Å². The molecular weight excluding hydrogens is 345 g/mol. The lowest BCUT2D eigenvalue weighted by Gasteiger charge is -2.22. The van der Waals surface area contributed by atoms with E-state index in [-0.39, 0.29) is 12.1 Å². The highest BCUT2D eigenvalue weighted by molar-refractivity contribution is 5.74. The summed E-state index contributed by atoms with van der Waals surface area (Å²) < 4.78 is 39.9. The standard InChI is InChI=1S/C18H21F3N4O/c1-12(2)22-17(26)24-8-3-9-25-15(11-24)10-16(23-25)13-4-6-14(7-5-13)18(19,20)21/h4-7,10,12H,3,8-9,11H2,1-2H3,(H,22,26). The number of aromatic nitrogens is 2. The topological polar surface area (TPSA) is 50.2 Å². The van der Waals surface area contributed by atoms with Gasteiger partial charge in [-0.1, -0.05) is 12.1 Å². The average molecular weight is 366 g/mol. The number of hydrogen-bond donors (Lipinski definition) is 1. The molecule has 3 rings (SSSR count). The molecule has 0 radical (unpaired) electrons. The lowest BCUT2D eigenvalue weighted by atomic mass is 10.1. The fourth-order valence-corrected chi connectivity index (χ4v) is 2.94. The summed E-state index contributed by atoms with van der Waals surface area (Å²) in [4.78, 5) is 14.0. The molecule has 2 heterocycles. The molecule has 0 saturated heterocycles. The van der Waals surface area contributed by atoms with Crippen molar-refractivity contribution in [2.45, 2.75) is 45.6 Å². The molecule has 5 nitrogen and oxygen atoms in total. The number of fused-ring (bicyclic) bond motifs is 1. The van der Waals surface area contributed by atoms with Gasteiger partial charge in [0, 0.05) is 24.7 Å². The minimum absolute atomic E-state index is 0.0540. The number of halogens is 3. The van der Waals surface area contributed by atoms with Gasteiger partial charge in [-0.2, -0.15) is 18.3 Å². The molecule has 140 valence electrons. The van der Waals surface area contributed by atoms with Gasteiger partial charge in [0.2, 0.25) is 0 Å². The van der Waals surface area contributed by atoms with Crippen molar-refractivity contribution in [2.75, 3.05) is 6.54 Å². The number of alkyl halides is 3. The summed E-state index contributed by atoms with van der Waals surface area (Å²) in [7, 11) is 0. The zero-order chi connectivity index (χ0) is 18.9. The second-order valence-corrected chi connectivity index (χ2v) is 6.70. The number of urea groups is 1. The third kappa shape index (κ3) is 4.00. The van der Waals surface area contributed by atoms with Gasteiger partial charge in [-0.05, 0) is 38.5 Å². The van der Waals surface area contributed by atoms with E-state index in [2.05, 4.69) is 10.4 Å². The highest BCUT2D eigenvalue weighted by atomic mass is 19.4. The van der Waals surface area contributed by atoms with E-state index in [0.29, 0.717) is 30.9 Å². The predicted octanol–water partition coefficient (Wildman–Crippen LogP) is 3.89. The van der Waals surface area contributed by atoms with Crippen molar-refractivity contribution in [3.05, 3.63) is 41.6 Å². The highest BCUT2D eigenvalue weighted by Crippen LogP contribution is 2.31. The maximum atomic E-state index is 12.7. The van der Waals surface area contributed by atoms with Crippen molar-refractivity contribution < 1.29 is 18.0 Å². The predicted molar refractivity (Wildman–Crippen MR) is 91.4 cm³/mol. The van der Waals surface area contributed by atoms with Gasteiger partial charge >= 0.3 is 12.2 Å². The fourth-order valence-electron chi connectivity index (χ4n) is 2.94. The zero-order valence-electron chi connectivity index (χ0n) is 14.7. The molecule has 26 heavy (non-hydrogen) atoms. The summed E-state index contributed by atoms with van der Waals surface area (Å²) in [6.07, 6.45) is -3.58. The van der Waals surface area contributed by atoms with E-state index in [1.165, 1.54) is 12.1 Å². The molecule has 1 aliphatic heterocycles. The third-order valence-electron chi connectivity index (χ3n) is 4.22. The molecule has 0 aliphatic carbocycles. The number of aryl methyl sites for hydroxylation is 1. The number of nitrogens with one attached hydrogen (secondary N) is 1. The summed E-state index contributed by atoms with van der Waals surface area (Å²) in [5.74, 6) is 0. The molecule has 0 fully saturated rings. The number of benzene rings is 1. The normalized spacial score (nSPS) is 14.9. The van der Waals surface area contributed by atoms with E-state index < -0.39 is 11.7 Å². The Morgan fingerprint density at radius 3 is 2.50 bits per heavy atom. The van der Waals surface area contributed by atoms with Gasteiger partial charge < -0.3 is 10.2 Å². The Kier molecular flexibility index (Phi) is 4.93. The summed E-state index contributed by atoms with van der Waals surface area (Å²) >= 11 is 0. The van der Waals surface area contributed by atoms with Gasteiger partial charge in [0.1, 0.15) is 0 Å². The van der Waals surface area contributed by atoms with Crippen LogP contribution in [0.1, 0.15) is 31.5 Å². The van der Waals surface area contributed by atoms with Crippen molar-refractivity contribution in [1.29, 1.82) is 0 Å². The van der Waals surface area contributed by atoms with E-state index in [1.807, 2.05) is 24.6 Å². The van der Waals surface area contributed by atoms with E-state index in [0.717, 1.165) is 24.2 Å². The van der Waals surface area contributed by atoms with Crippen molar-refractivity contribution in [1.82, 2.24) is 20.0 Å². The first-order chi connectivity index (χ1) is 12.2. The second kappa shape index (κ2) is 7.01. The molecule has 0 spiro atoms. The van der Waals surface area contributed by atoms with Crippen LogP contribution in [0.25, 0.3) is 11.3 Å². The number of amides is 2. The number of nitrogens with zero attached hydrogens (tertiary/aromatic N) is 3. The highest BCUT2D eigenvalue weighted by Gasteiger charge is 2.30. The second-order valence-electron chi connectivity index (χ2n) is 6.70. The van der Waals surface area contributed by atoms with Crippen LogP contribution in [0.5, 0.6) is 0 Å². The summed E-state index contributed by atoms with van der Waals surface area (Å²) in [5, 5.41) is 7.39. The van der Waals surface area contributed by atoms with E-state index in [9.17, 15) is 18.0 Å². The third-order valence-corrected chi connectivity index (χ3v) is 4.22. The van der Waals surface area contributed by atoms with Gasteiger partial charge in [0.15, 0.2) is 0 Å². The minimum Gasteiger partial charge on any atom is -0.336 e. The smallest absolute Gasteiger partial charge is 0.336 e. The number of carbonyl (C=O) groups is 1. The maximum Gasteiger partial charge on any atom is 0.416 e. The number of hydrogen-bond acceptors (Lipinski definition) is 2. The van der Waals surface area contributed by atoms with E-state index in [1.54, 1.807) is 4.90 Å². The molecular formula is C18H21F3N4O. The molecule has 1 N–H and O–H groups in total. The Bertz CT molecular complexity index is 781. The largest absolute Gasteiger partial charge is 0.416 e. The molecule has 0 unspecified atom stereocenters.